The Balaban J connectivity index is 1.52. The molecule has 0 amide bonds. The Labute approximate surface area is 218 Å². The standard InChI is InChI=1S/C35H42O/c1-22(2)31-20-28(17-18-34(31)36)25(5)32-21-33-29(19-26-13-9-23(3)10-14-26)7-6-8-30(33)35(32)27-15-11-24(4)12-16-27/h9-18,20-22,25,29-30,32,35-36H,6-8,19H2,1-5H3. The number of phenolic OH excluding ortho intramolecular Hbond substituents is 1. The first-order chi connectivity index (χ1) is 17.3. The van der Waals surface area contributed by atoms with Crippen molar-refractivity contribution >= 4 is 0 Å². The van der Waals surface area contributed by atoms with Crippen molar-refractivity contribution in [3.8, 4) is 5.75 Å². The summed E-state index contributed by atoms with van der Waals surface area (Å²) in [6.07, 6.45) is 7.76. The highest BCUT2D eigenvalue weighted by molar-refractivity contribution is 5.43. The van der Waals surface area contributed by atoms with Gasteiger partial charge in [0.25, 0.3) is 0 Å². The molecule has 36 heavy (non-hydrogen) atoms. The number of fused-ring (bicyclic) bond motifs is 1. The first-order valence-electron chi connectivity index (χ1n) is 14.0. The third-order valence-corrected chi connectivity index (χ3v) is 9.04. The van der Waals surface area contributed by atoms with Gasteiger partial charge >= 0.3 is 0 Å². The Hall–Kier alpha value is -2.80. The monoisotopic (exact) mass is 478 g/mol. The van der Waals surface area contributed by atoms with Crippen molar-refractivity contribution in [2.75, 3.05) is 0 Å². The normalized spacial score (nSPS) is 24.4. The van der Waals surface area contributed by atoms with Crippen LogP contribution in [0.15, 0.2) is 78.4 Å². The van der Waals surface area contributed by atoms with E-state index in [2.05, 4.69) is 101 Å². The molecule has 1 nitrogen and oxygen atoms in total. The summed E-state index contributed by atoms with van der Waals surface area (Å²) in [5, 5.41) is 10.5. The van der Waals surface area contributed by atoms with E-state index in [1.54, 1.807) is 5.57 Å². The molecule has 2 aliphatic rings. The molecule has 2 aliphatic carbocycles. The number of rotatable bonds is 6. The topological polar surface area (TPSA) is 20.2 Å². The van der Waals surface area contributed by atoms with Gasteiger partial charge in [-0.1, -0.05) is 111 Å². The molecule has 3 aromatic rings. The van der Waals surface area contributed by atoms with E-state index in [-0.39, 0.29) is 0 Å². The van der Waals surface area contributed by atoms with Gasteiger partial charge in [0.2, 0.25) is 0 Å². The lowest BCUT2D eigenvalue weighted by atomic mass is 9.68. The fraction of sp³-hybridized carbons (Fsp3) is 0.429. The van der Waals surface area contributed by atoms with Crippen LogP contribution >= 0.6 is 0 Å². The van der Waals surface area contributed by atoms with Crippen LogP contribution < -0.4 is 0 Å². The van der Waals surface area contributed by atoms with Crippen molar-refractivity contribution in [2.24, 2.45) is 17.8 Å². The molecule has 0 aliphatic heterocycles. The maximum Gasteiger partial charge on any atom is 0.119 e. The quantitative estimate of drug-likeness (QED) is 0.350. The van der Waals surface area contributed by atoms with Crippen LogP contribution in [-0.2, 0) is 6.42 Å². The van der Waals surface area contributed by atoms with Crippen LogP contribution in [0, 0.1) is 31.6 Å². The zero-order chi connectivity index (χ0) is 25.4. The average molecular weight is 479 g/mol. The molecule has 0 spiro atoms. The summed E-state index contributed by atoms with van der Waals surface area (Å²) in [5.74, 6) is 3.39. The summed E-state index contributed by atoms with van der Waals surface area (Å²) in [5.41, 5.74) is 9.75. The van der Waals surface area contributed by atoms with E-state index < -0.39 is 0 Å². The van der Waals surface area contributed by atoms with E-state index in [1.165, 1.54) is 47.1 Å². The summed E-state index contributed by atoms with van der Waals surface area (Å²) in [4.78, 5) is 0. The smallest absolute Gasteiger partial charge is 0.119 e. The van der Waals surface area contributed by atoms with E-state index in [0.717, 1.165) is 12.0 Å². The minimum atomic E-state index is 0.313. The van der Waals surface area contributed by atoms with Crippen molar-refractivity contribution in [3.63, 3.8) is 0 Å². The van der Waals surface area contributed by atoms with Gasteiger partial charge in [-0.15, -0.1) is 0 Å². The fourth-order valence-corrected chi connectivity index (χ4v) is 6.93. The van der Waals surface area contributed by atoms with Gasteiger partial charge in [0.15, 0.2) is 0 Å². The summed E-state index contributed by atoms with van der Waals surface area (Å²) in [6.45, 7) is 11.1. The molecule has 188 valence electrons. The van der Waals surface area contributed by atoms with Crippen LogP contribution in [0.25, 0.3) is 0 Å². The van der Waals surface area contributed by atoms with E-state index in [1.807, 2.05) is 6.07 Å². The van der Waals surface area contributed by atoms with Crippen LogP contribution in [0.3, 0.4) is 0 Å². The Morgan fingerprint density at radius 2 is 1.50 bits per heavy atom. The number of hydrogen-bond acceptors (Lipinski definition) is 1. The van der Waals surface area contributed by atoms with Crippen molar-refractivity contribution in [3.05, 3.63) is 112 Å². The Morgan fingerprint density at radius 1 is 0.833 bits per heavy atom. The van der Waals surface area contributed by atoms with Crippen molar-refractivity contribution < 1.29 is 5.11 Å². The van der Waals surface area contributed by atoms with Gasteiger partial charge in [0, 0.05) is 0 Å². The highest BCUT2D eigenvalue weighted by Gasteiger charge is 2.44. The molecule has 0 aromatic heterocycles. The maximum atomic E-state index is 10.5. The molecule has 1 heteroatoms. The molecular formula is C35H42O. The zero-order valence-corrected chi connectivity index (χ0v) is 22.7. The minimum absolute atomic E-state index is 0.313. The zero-order valence-electron chi connectivity index (χ0n) is 22.7. The van der Waals surface area contributed by atoms with Crippen molar-refractivity contribution in [1.29, 1.82) is 0 Å². The van der Waals surface area contributed by atoms with Crippen LogP contribution in [0.4, 0.5) is 0 Å². The van der Waals surface area contributed by atoms with Gasteiger partial charge in [-0.05, 0) is 96.9 Å². The molecule has 1 saturated carbocycles. The minimum Gasteiger partial charge on any atom is -0.508 e. The van der Waals surface area contributed by atoms with Crippen LogP contribution in [0.2, 0.25) is 0 Å². The third kappa shape index (κ3) is 4.90. The predicted octanol–water partition coefficient (Wildman–Crippen LogP) is 9.23. The van der Waals surface area contributed by atoms with E-state index >= 15 is 0 Å². The van der Waals surface area contributed by atoms with Crippen molar-refractivity contribution in [1.82, 2.24) is 0 Å². The third-order valence-electron chi connectivity index (χ3n) is 9.04. The molecule has 0 radical (unpaired) electrons. The highest BCUT2D eigenvalue weighted by atomic mass is 16.3. The summed E-state index contributed by atoms with van der Waals surface area (Å²) in [7, 11) is 0. The number of benzene rings is 3. The van der Waals surface area contributed by atoms with Crippen molar-refractivity contribution in [2.45, 2.75) is 78.1 Å². The van der Waals surface area contributed by atoms with Gasteiger partial charge in [-0.3, -0.25) is 0 Å². The van der Waals surface area contributed by atoms with E-state index in [9.17, 15) is 5.11 Å². The molecule has 0 bridgehead atoms. The lowest BCUT2D eigenvalue weighted by molar-refractivity contribution is 0.309. The molecule has 5 unspecified atom stereocenters. The Kier molecular flexibility index (Phi) is 7.11. The molecule has 0 saturated heterocycles. The molecule has 0 heterocycles. The van der Waals surface area contributed by atoms with Gasteiger partial charge in [-0.25, -0.2) is 0 Å². The Bertz CT molecular complexity index is 1210. The summed E-state index contributed by atoms with van der Waals surface area (Å²) < 4.78 is 0. The maximum absolute atomic E-state index is 10.5. The summed E-state index contributed by atoms with van der Waals surface area (Å²) >= 11 is 0. The van der Waals surface area contributed by atoms with Gasteiger partial charge in [0.05, 0.1) is 0 Å². The first kappa shape index (κ1) is 24.9. The molecule has 1 N–H and O–H groups in total. The molecule has 5 rings (SSSR count). The van der Waals surface area contributed by atoms with Gasteiger partial charge in [0.1, 0.15) is 5.75 Å². The largest absolute Gasteiger partial charge is 0.508 e. The average Bonchev–Trinajstić information content (AvgIpc) is 3.26. The number of allylic oxidation sites excluding steroid dienone is 2. The lowest BCUT2D eigenvalue weighted by Crippen LogP contribution is -2.25. The van der Waals surface area contributed by atoms with E-state index in [0.29, 0.717) is 41.3 Å². The second-order valence-electron chi connectivity index (χ2n) is 11.9. The fourth-order valence-electron chi connectivity index (χ4n) is 6.93. The number of phenols is 1. The molecule has 1 fully saturated rings. The second kappa shape index (κ2) is 10.3. The second-order valence-corrected chi connectivity index (χ2v) is 11.9. The molecular weight excluding hydrogens is 436 g/mol. The SMILES string of the molecule is Cc1ccc(CC2CCCC3C2=CC(C(C)c2ccc(O)c(C(C)C)c2)C3c2ccc(C)cc2)cc1. The summed E-state index contributed by atoms with van der Waals surface area (Å²) in [6, 6.07) is 24.9. The molecule has 5 atom stereocenters. The number of hydrogen-bond donors (Lipinski definition) is 1. The highest BCUT2D eigenvalue weighted by Crippen LogP contribution is 2.56. The van der Waals surface area contributed by atoms with E-state index in [4.69, 9.17) is 0 Å². The molecule has 3 aromatic carbocycles. The predicted molar refractivity (Wildman–Crippen MR) is 152 cm³/mol. The lowest BCUT2D eigenvalue weighted by Gasteiger charge is -2.36. The van der Waals surface area contributed by atoms with Gasteiger partial charge in [-0.2, -0.15) is 0 Å². The van der Waals surface area contributed by atoms with Crippen LogP contribution in [0.1, 0.15) is 91.2 Å². The number of aromatic hydroxyl groups is 1. The van der Waals surface area contributed by atoms with Crippen LogP contribution in [0.5, 0.6) is 5.75 Å². The van der Waals surface area contributed by atoms with Crippen LogP contribution in [-0.4, -0.2) is 5.11 Å². The number of aryl methyl sites for hydroxylation is 2. The first-order valence-corrected chi connectivity index (χ1v) is 14.0. The van der Waals surface area contributed by atoms with Gasteiger partial charge < -0.3 is 5.11 Å². The Morgan fingerprint density at radius 3 is 2.17 bits per heavy atom.